The van der Waals surface area contributed by atoms with Crippen molar-refractivity contribution < 1.29 is 14.3 Å². The van der Waals surface area contributed by atoms with E-state index in [9.17, 15) is 14.3 Å². The normalized spacial score (nSPS) is 14.3. The van der Waals surface area contributed by atoms with Gasteiger partial charge in [-0.25, -0.2) is 9.82 Å². The van der Waals surface area contributed by atoms with E-state index in [1.165, 1.54) is 36.5 Å². The molecule has 5 nitrogen and oxygen atoms in total. The molecule has 0 aliphatic carbocycles. The second kappa shape index (κ2) is 7.12. The Morgan fingerprint density at radius 3 is 2.54 bits per heavy atom. The van der Waals surface area contributed by atoms with Gasteiger partial charge in [-0.15, -0.1) is 0 Å². The Morgan fingerprint density at radius 1 is 1.17 bits per heavy atom. The monoisotopic (exact) mass is 327 g/mol. The highest BCUT2D eigenvalue weighted by molar-refractivity contribution is 5.95. The number of benzene rings is 2. The van der Waals surface area contributed by atoms with Crippen LogP contribution in [0.25, 0.3) is 0 Å². The van der Waals surface area contributed by atoms with Crippen LogP contribution < -0.4 is 10.3 Å². The molecular formula is C18H18FN3O2. The van der Waals surface area contributed by atoms with E-state index in [4.69, 9.17) is 0 Å². The van der Waals surface area contributed by atoms with Gasteiger partial charge in [-0.1, -0.05) is 6.07 Å². The molecule has 0 unspecified atom stereocenters. The number of phenols is 1. The number of anilines is 1. The molecule has 0 saturated carbocycles. The van der Waals surface area contributed by atoms with Crippen molar-refractivity contribution in [3.05, 3.63) is 59.4 Å². The molecule has 0 bridgehead atoms. The minimum atomic E-state index is -0.402. The van der Waals surface area contributed by atoms with Gasteiger partial charge in [0.15, 0.2) is 0 Å². The summed E-state index contributed by atoms with van der Waals surface area (Å²) in [5.74, 6) is -0.602. The lowest BCUT2D eigenvalue weighted by molar-refractivity contribution is 0.0955. The maximum atomic E-state index is 14.2. The van der Waals surface area contributed by atoms with E-state index in [0.29, 0.717) is 16.8 Å². The van der Waals surface area contributed by atoms with Crippen molar-refractivity contribution in [2.24, 2.45) is 5.10 Å². The number of carbonyl (C=O) groups is 1. The number of halogens is 1. The molecule has 1 fully saturated rings. The Labute approximate surface area is 139 Å². The smallest absolute Gasteiger partial charge is 0.271 e. The summed E-state index contributed by atoms with van der Waals surface area (Å²) in [5, 5.41) is 13.0. The van der Waals surface area contributed by atoms with Crippen molar-refractivity contribution >= 4 is 17.8 Å². The summed E-state index contributed by atoms with van der Waals surface area (Å²) in [6.45, 7) is 1.76. The lowest BCUT2D eigenvalue weighted by Gasteiger charge is -2.18. The highest BCUT2D eigenvalue weighted by Crippen LogP contribution is 2.23. The fraction of sp³-hybridized carbons (Fsp3) is 0.222. The van der Waals surface area contributed by atoms with Crippen LogP contribution in [0.3, 0.4) is 0 Å². The molecule has 1 aliphatic heterocycles. The molecule has 3 rings (SSSR count). The topological polar surface area (TPSA) is 64.9 Å². The van der Waals surface area contributed by atoms with E-state index in [2.05, 4.69) is 10.5 Å². The van der Waals surface area contributed by atoms with Gasteiger partial charge in [-0.3, -0.25) is 4.79 Å². The maximum Gasteiger partial charge on any atom is 0.271 e. The molecule has 1 aliphatic rings. The van der Waals surface area contributed by atoms with Crippen molar-refractivity contribution in [3.8, 4) is 5.75 Å². The van der Waals surface area contributed by atoms with Gasteiger partial charge in [0.2, 0.25) is 0 Å². The van der Waals surface area contributed by atoms with Crippen molar-refractivity contribution in [1.29, 1.82) is 0 Å². The van der Waals surface area contributed by atoms with Crippen LogP contribution in [0.1, 0.15) is 28.8 Å². The first kappa shape index (κ1) is 16.0. The lowest BCUT2D eigenvalue weighted by atomic mass is 10.2. The molecule has 24 heavy (non-hydrogen) atoms. The number of phenolic OH excluding ortho intramolecular Hbond substituents is 1. The highest BCUT2D eigenvalue weighted by Gasteiger charge is 2.15. The number of carbonyl (C=O) groups excluding carboxylic acids is 1. The summed E-state index contributed by atoms with van der Waals surface area (Å²) in [7, 11) is 0. The van der Waals surface area contributed by atoms with Crippen molar-refractivity contribution in [1.82, 2.24) is 5.43 Å². The summed E-state index contributed by atoms with van der Waals surface area (Å²) >= 11 is 0. The van der Waals surface area contributed by atoms with Gasteiger partial charge in [0.25, 0.3) is 5.91 Å². The average molecular weight is 327 g/mol. The quantitative estimate of drug-likeness (QED) is 0.670. The van der Waals surface area contributed by atoms with Crippen LogP contribution in [0.4, 0.5) is 10.1 Å². The average Bonchev–Trinajstić information content (AvgIpc) is 3.10. The Bertz CT molecular complexity index is 753. The number of hydrogen-bond acceptors (Lipinski definition) is 4. The second-order valence-electron chi connectivity index (χ2n) is 5.65. The van der Waals surface area contributed by atoms with E-state index in [1.54, 1.807) is 12.1 Å². The van der Waals surface area contributed by atoms with Gasteiger partial charge in [0.05, 0.1) is 11.9 Å². The molecule has 0 radical (unpaired) electrons. The number of rotatable bonds is 4. The van der Waals surface area contributed by atoms with Crippen LogP contribution in [0.15, 0.2) is 47.6 Å². The Morgan fingerprint density at radius 2 is 1.88 bits per heavy atom. The molecule has 1 saturated heterocycles. The molecular weight excluding hydrogens is 309 g/mol. The SMILES string of the molecule is O=C(N/N=C\c1ccc(N2CCCC2)c(F)c1)c1ccc(O)cc1. The van der Waals surface area contributed by atoms with Gasteiger partial charge >= 0.3 is 0 Å². The first-order valence-electron chi connectivity index (χ1n) is 7.80. The Hall–Kier alpha value is -2.89. The third-order valence-corrected chi connectivity index (χ3v) is 3.93. The fourth-order valence-electron chi connectivity index (χ4n) is 2.66. The number of nitrogens with zero attached hydrogens (tertiary/aromatic N) is 2. The van der Waals surface area contributed by atoms with E-state index >= 15 is 0 Å². The Kier molecular flexibility index (Phi) is 4.74. The molecule has 6 heteroatoms. The third-order valence-electron chi connectivity index (χ3n) is 3.93. The molecule has 2 N–H and O–H groups in total. The van der Waals surface area contributed by atoms with Crippen LogP contribution >= 0.6 is 0 Å². The van der Waals surface area contributed by atoms with Gasteiger partial charge in [0, 0.05) is 18.7 Å². The number of aromatic hydroxyl groups is 1. The molecule has 0 atom stereocenters. The van der Waals surface area contributed by atoms with Gasteiger partial charge in [0.1, 0.15) is 11.6 Å². The van der Waals surface area contributed by atoms with Crippen LogP contribution in [0.2, 0.25) is 0 Å². The van der Waals surface area contributed by atoms with Crippen LogP contribution in [-0.4, -0.2) is 30.3 Å². The summed E-state index contributed by atoms with van der Waals surface area (Å²) in [6.07, 6.45) is 3.58. The molecule has 2 aromatic carbocycles. The number of amides is 1. The first-order chi connectivity index (χ1) is 11.6. The molecule has 1 heterocycles. The maximum absolute atomic E-state index is 14.2. The lowest BCUT2D eigenvalue weighted by Crippen LogP contribution is -2.19. The molecule has 2 aromatic rings. The van der Waals surface area contributed by atoms with Crippen LogP contribution in [-0.2, 0) is 0 Å². The zero-order chi connectivity index (χ0) is 16.9. The van der Waals surface area contributed by atoms with E-state index < -0.39 is 5.91 Å². The number of nitrogens with one attached hydrogen (secondary N) is 1. The third kappa shape index (κ3) is 3.71. The molecule has 0 spiro atoms. The molecule has 0 aromatic heterocycles. The zero-order valence-corrected chi connectivity index (χ0v) is 13.1. The standard InChI is InChI=1S/C18H18FN3O2/c19-16-11-13(3-8-17(16)22-9-1-2-10-22)12-20-21-18(24)14-4-6-15(23)7-5-14/h3-8,11-12,23H,1-2,9-10H2,(H,21,24)/b20-12-. The summed E-state index contributed by atoms with van der Waals surface area (Å²) in [5.41, 5.74) is 3.93. The van der Waals surface area contributed by atoms with Crippen LogP contribution in [0.5, 0.6) is 5.75 Å². The van der Waals surface area contributed by atoms with E-state index in [0.717, 1.165) is 25.9 Å². The van der Waals surface area contributed by atoms with Crippen molar-refractivity contribution in [2.75, 3.05) is 18.0 Å². The van der Waals surface area contributed by atoms with E-state index in [1.807, 2.05) is 4.90 Å². The minimum absolute atomic E-state index is 0.0867. The zero-order valence-electron chi connectivity index (χ0n) is 13.1. The first-order valence-corrected chi connectivity index (χ1v) is 7.80. The number of hydrazone groups is 1. The van der Waals surface area contributed by atoms with Crippen molar-refractivity contribution in [2.45, 2.75) is 12.8 Å². The van der Waals surface area contributed by atoms with Gasteiger partial charge in [-0.05, 0) is 54.8 Å². The summed E-state index contributed by atoms with van der Waals surface area (Å²) in [4.78, 5) is 13.9. The predicted molar refractivity (Wildman–Crippen MR) is 91.0 cm³/mol. The minimum Gasteiger partial charge on any atom is -0.508 e. The molecule has 1 amide bonds. The van der Waals surface area contributed by atoms with Gasteiger partial charge < -0.3 is 10.0 Å². The van der Waals surface area contributed by atoms with E-state index in [-0.39, 0.29) is 11.6 Å². The largest absolute Gasteiger partial charge is 0.508 e. The summed E-state index contributed by atoms with van der Waals surface area (Å²) < 4.78 is 14.2. The van der Waals surface area contributed by atoms with Gasteiger partial charge in [-0.2, -0.15) is 5.10 Å². The van der Waals surface area contributed by atoms with Crippen LogP contribution in [0, 0.1) is 5.82 Å². The second-order valence-corrected chi connectivity index (χ2v) is 5.65. The highest BCUT2D eigenvalue weighted by atomic mass is 19.1. The van der Waals surface area contributed by atoms with Crippen molar-refractivity contribution in [3.63, 3.8) is 0 Å². The molecule has 124 valence electrons. The summed E-state index contributed by atoms with van der Waals surface area (Å²) in [6, 6.07) is 10.7. The fourth-order valence-corrected chi connectivity index (χ4v) is 2.66. The Balaban J connectivity index is 1.63. The predicted octanol–water partition coefficient (Wildman–Crippen LogP) is 2.90. The number of hydrogen-bond donors (Lipinski definition) is 2.